The molecule has 1 aliphatic carbocycles. The van der Waals surface area contributed by atoms with Gasteiger partial charge in [-0.15, -0.1) is 0 Å². The molecule has 2 aliphatic heterocycles. The van der Waals surface area contributed by atoms with Crippen LogP contribution in [0.5, 0.6) is 0 Å². The van der Waals surface area contributed by atoms with E-state index in [4.69, 9.17) is 10.5 Å². The summed E-state index contributed by atoms with van der Waals surface area (Å²) >= 11 is 0. The van der Waals surface area contributed by atoms with E-state index in [1.807, 2.05) is 36.9 Å². The van der Waals surface area contributed by atoms with Crippen LogP contribution in [0.1, 0.15) is 57.4 Å². The third kappa shape index (κ3) is 5.46. The van der Waals surface area contributed by atoms with Crippen LogP contribution >= 0.6 is 0 Å². The molecule has 2 amide bonds. The fraction of sp³-hybridized carbons (Fsp3) is 0.500. The molecule has 7 nitrogen and oxygen atoms in total. The number of likely N-dealkylation sites (tertiary alicyclic amines) is 1. The summed E-state index contributed by atoms with van der Waals surface area (Å²) in [6, 6.07) is 11.0. The second-order valence-corrected chi connectivity index (χ2v) is 10.8. The molecule has 0 spiro atoms. The lowest BCUT2D eigenvalue weighted by Crippen LogP contribution is -2.49. The van der Waals surface area contributed by atoms with Crippen LogP contribution in [0.4, 0.5) is 4.39 Å². The van der Waals surface area contributed by atoms with Gasteiger partial charge in [-0.1, -0.05) is 30.3 Å². The van der Waals surface area contributed by atoms with E-state index in [2.05, 4.69) is 11.1 Å². The van der Waals surface area contributed by atoms with Gasteiger partial charge in [0.05, 0.1) is 12.2 Å². The number of aliphatic imine (C=N–C) groups is 1. The summed E-state index contributed by atoms with van der Waals surface area (Å²) in [7, 11) is 0. The number of fused-ring (bicyclic) bond motifs is 1. The van der Waals surface area contributed by atoms with Crippen molar-refractivity contribution in [1.29, 1.82) is 0 Å². The van der Waals surface area contributed by atoms with Crippen LogP contribution < -0.4 is 5.73 Å². The molecule has 3 aliphatic rings. The smallest absolute Gasteiger partial charge is 0.270 e. The minimum Gasteiger partial charge on any atom is -0.394 e. The number of allylic oxidation sites excluding steroid dienone is 1. The van der Waals surface area contributed by atoms with E-state index in [-0.39, 0.29) is 48.0 Å². The van der Waals surface area contributed by atoms with Crippen molar-refractivity contribution >= 4 is 28.3 Å². The maximum absolute atomic E-state index is 14.3. The number of rotatable bonds is 4. The molecule has 0 unspecified atom stereocenters. The van der Waals surface area contributed by atoms with Gasteiger partial charge in [0.15, 0.2) is 0 Å². The first-order valence-corrected chi connectivity index (χ1v) is 13.7. The zero-order valence-electron chi connectivity index (χ0n) is 22.3. The molecule has 8 heteroatoms. The predicted molar refractivity (Wildman–Crippen MR) is 146 cm³/mol. The van der Waals surface area contributed by atoms with Crippen molar-refractivity contribution in [2.45, 2.75) is 64.1 Å². The van der Waals surface area contributed by atoms with Gasteiger partial charge >= 0.3 is 0 Å². The van der Waals surface area contributed by atoms with Crippen LogP contribution in [0, 0.1) is 5.82 Å². The molecule has 0 aromatic heterocycles. The Bertz CT molecular complexity index is 1270. The molecule has 2 saturated heterocycles. The Morgan fingerprint density at radius 3 is 2.42 bits per heavy atom. The molecular formula is C30H37FN4O3. The first kappa shape index (κ1) is 26.4. The van der Waals surface area contributed by atoms with Gasteiger partial charge in [0, 0.05) is 42.9 Å². The largest absolute Gasteiger partial charge is 0.394 e. The molecule has 0 radical (unpaired) electrons. The number of amides is 2. The molecule has 2 heterocycles. The first-order chi connectivity index (χ1) is 18.3. The Hall–Kier alpha value is -3.26. The first-order valence-electron chi connectivity index (χ1n) is 13.7. The maximum atomic E-state index is 14.3. The maximum Gasteiger partial charge on any atom is 0.270 e. The molecule has 0 bridgehead atoms. The number of halogens is 1. The third-order valence-corrected chi connectivity index (χ3v) is 8.05. The van der Waals surface area contributed by atoms with Gasteiger partial charge in [0.25, 0.3) is 5.91 Å². The van der Waals surface area contributed by atoms with E-state index in [1.54, 1.807) is 11.0 Å². The molecule has 3 fully saturated rings. The fourth-order valence-corrected chi connectivity index (χ4v) is 6.19. The summed E-state index contributed by atoms with van der Waals surface area (Å²) < 4.78 is 20.0. The van der Waals surface area contributed by atoms with E-state index in [9.17, 15) is 14.0 Å². The van der Waals surface area contributed by atoms with E-state index >= 15 is 0 Å². The second-order valence-electron chi connectivity index (χ2n) is 10.8. The fourth-order valence-electron chi connectivity index (χ4n) is 6.19. The minimum absolute atomic E-state index is 0.00751. The Morgan fingerprint density at radius 1 is 1.00 bits per heavy atom. The number of carbonyl (C=O) groups excluding carboxylic acids is 2. The molecule has 2 aromatic carbocycles. The lowest BCUT2D eigenvalue weighted by Gasteiger charge is -2.35. The Kier molecular flexibility index (Phi) is 7.79. The van der Waals surface area contributed by atoms with Crippen LogP contribution in [0.2, 0.25) is 0 Å². The van der Waals surface area contributed by atoms with Crippen LogP contribution in [-0.2, 0) is 14.3 Å². The van der Waals surface area contributed by atoms with Crippen LogP contribution in [0.15, 0.2) is 52.7 Å². The summed E-state index contributed by atoms with van der Waals surface area (Å²) in [5.74, 6) is -0.0883. The normalized spacial score (nSPS) is 25.3. The molecular weight excluding hydrogens is 483 g/mol. The van der Waals surface area contributed by atoms with Gasteiger partial charge in [-0.25, -0.2) is 4.39 Å². The van der Waals surface area contributed by atoms with Crippen molar-refractivity contribution in [2.24, 2.45) is 10.7 Å². The number of piperidine rings is 1. The summed E-state index contributed by atoms with van der Waals surface area (Å²) in [4.78, 5) is 34.4. The predicted octanol–water partition coefficient (Wildman–Crippen LogP) is 4.16. The highest BCUT2D eigenvalue weighted by molar-refractivity contribution is 6.09. The zero-order chi connectivity index (χ0) is 26.8. The molecule has 2 N–H and O–H groups in total. The van der Waals surface area contributed by atoms with Crippen LogP contribution in [0.25, 0.3) is 10.8 Å². The van der Waals surface area contributed by atoms with Crippen molar-refractivity contribution in [1.82, 2.24) is 9.80 Å². The Balaban J connectivity index is 1.21. The number of nitrogens with zero attached hydrogens (tertiary/aromatic N) is 3. The van der Waals surface area contributed by atoms with Gasteiger partial charge in [-0.05, 0) is 68.9 Å². The number of nitrogens with two attached hydrogens (primary N) is 1. The minimum atomic E-state index is -0.201. The summed E-state index contributed by atoms with van der Waals surface area (Å²) in [5.41, 5.74) is 9.33. The molecule has 2 aromatic rings. The van der Waals surface area contributed by atoms with E-state index < -0.39 is 0 Å². The second kappa shape index (κ2) is 11.2. The van der Waals surface area contributed by atoms with Gasteiger partial charge in [0.2, 0.25) is 5.91 Å². The summed E-state index contributed by atoms with van der Waals surface area (Å²) in [5, 5.41) is 1.60. The Labute approximate surface area is 223 Å². The number of carbonyl (C=O) groups is 2. The average Bonchev–Trinajstić information content (AvgIpc) is 3.39. The summed E-state index contributed by atoms with van der Waals surface area (Å²) in [6.07, 6.45) is 3.93. The van der Waals surface area contributed by atoms with Crippen LogP contribution in [0.3, 0.4) is 0 Å². The monoisotopic (exact) mass is 520 g/mol. The van der Waals surface area contributed by atoms with E-state index in [1.165, 1.54) is 6.07 Å². The SMILES string of the molecule is C[C@@H]1CN(C(=O)/C(N)=C2\CCCC2=NCC(=O)N2CCC(c3cccc4c(F)cccc34)CC2)C[C@H](C)O1. The molecule has 38 heavy (non-hydrogen) atoms. The number of benzene rings is 2. The number of hydrogen-bond donors (Lipinski definition) is 1. The van der Waals surface area contributed by atoms with E-state index in [0.717, 1.165) is 47.9 Å². The van der Waals surface area contributed by atoms with Gasteiger partial charge < -0.3 is 20.3 Å². The van der Waals surface area contributed by atoms with Crippen molar-refractivity contribution in [3.05, 3.63) is 59.0 Å². The van der Waals surface area contributed by atoms with Crippen molar-refractivity contribution in [3.63, 3.8) is 0 Å². The lowest BCUT2D eigenvalue weighted by molar-refractivity contribution is -0.139. The number of hydrogen-bond acceptors (Lipinski definition) is 5. The topological polar surface area (TPSA) is 88.2 Å². The zero-order valence-corrected chi connectivity index (χ0v) is 22.3. The van der Waals surface area contributed by atoms with Crippen molar-refractivity contribution in [3.8, 4) is 0 Å². The summed E-state index contributed by atoms with van der Waals surface area (Å²) in [6.45, 7) is 6.32. The highest BCUT2D eigenvalue weighted by Crippen LogP contribution is 2.34. The number of morpholine rings is 1. The van der Waals surface area contributed by atoms with Gasteiger partial charge in [-0.3, -0.25) is 14.6 Å². The molecule has 2 atom stereocenters. The average molecular weight is 521 g/mol. The molecule has 1 saturated carbocycles. The van der Waals surface area contributed by atoms with Crippen LogP contribution in [-0.4, -0.2) is 72.3 Å². The van der Waals surface area contributed by atoms with Crippen molar-refractivity contribution in [2.75, 3.05) is 32.7 Å². The molecule has 202 valence electrons. The van der Waals surface area contributed by atoms with Gasteiger partial charge in [0.1, 0.15) is 18.1 Å². The Morgan fingerprint density at radius 2 is 1.68 bits per heavy atom. The van der Waals surface area contributed by atoms with Gasteiger partial charge in [-0.2, -0.15) is 0 Å². The standard InChI is InChI=1S/C30H37FN4O3/c1-19-17-35(18-20(2)38-19)30(37)29(32)25-9-5-11-27(25)33-16-28(36)34-14-12-21(13-15-34)22-6-3-8-24-23(22)7-4-10-26(24)31/h3-4,6-8,10,19-21H,5,9,11-18,32H2,1-2H3/b29-25-,33-27?/t19-,20+. The number of ether oxygens (including phenoxy) is 1. The van der Waals surface area contributed by atoms with Crippen molar-refractivity contribution < 1.29 is 18.7 Å². The lowest BCUT2D eigenvalue weighted by atomic mass is 9.86. The van der Waals surface area contributed by atoms with E-state index in [0.29, 0.717) is 38.0 Å². The quantitative estimate of drug-likeness (QED) is 0.614. The highest BCUT2D eigenvalue weighted by Gasteiger charge is 2.30. The highest BCUT2D eigenvalue weighted by atomic mass is 19.1. The third-order valence-electron chi connectivity index (χ3n) is 8.05. The molecule has 5 rings (SSSR count).